The Labute approximate surface area is 155 Å². The van der Waals surface area contributed by atoms with E-state index < -0.39 is 10.0 Å². The van der Waals surface area contributed by atoms with Crippen molar-refractivity contribution < 1.29 is 13.2 Å². The van der Waals surface area contributed by atoms with Crippen LogP contribution in [0.2, 0.25) is 5.02 Å². The average molecular weight is 396 g/mol. The third-order valence-corrected chi connectivity index (χ3v) is 5.90. The lowest BCUT2D eigenvalue weighted by Gasteiger charge is -2.14. The predicted octanol–water partition coefficient (Wildman–Crippen LogP) is 2.65. The van der Waals surface area contributed by atoms with E-state index in [4.69, 9.17) is 16.3 Å². The molecule has 0 unspecified atom stereocenters. The Kier molecular flexibility index (Phi) is 4.49. The van der Waals surface area contributed by atoms with Gasteiger partial charge in [0.25, 0.3) is 10.0 Å². The fourth-order valence-corrected chi connectivity index (χ4v) is 4.37. The normalized spacial score (nSPS) is 11.7. The summed E-state index contributed by atoms with van der Waals surface area (Å²) in [5.41, 5.74) is 2.22. The zero-order valence-corrected chi connectivity index (χ0v) is 16.3. The van der Waals surface area contributed by atoms with Crippen molar-refractivity contribution in [1.29, 1.82) is 0 Å². The van der Waals surface area contributed by atoms with E-state index in [-0.39, 0.29) is 21.4 Å². The lowest BCUT2D eigenvalue weighted by atomic mass is 10.2. The quantitative estimate of drug-likeness (QED) is 0.736. The number of halogens is 1. The third-order valence-electron chi connectivity index (χ3n) is 4.28. The number of imidazole rings is 1. The van der Waals surface area contributed by atoms with Crippen LogP contribution in [0.3, 0.4) is 0 Å². The van der Waals surface area contributed by atoms with Crippen LogP contribution >= 0.6 is 11.6 Å². The van der Waals surface area contributed by atoms with Crippen LogP contribution < -0.4 is 15.1 Å². The van der Waals surface area contributed by atoms with Gasteiger partial charge in [-0.3, -0.25) is 13.9 Å². The van der Waals surface area contributed by atoms with Crippen molar-refractivity contribution in [3.63, 3.8) is 0 Å². The van der Waals surface area contributed by atoms with Gasteiger partial charge in [0, 0.05) is 19.1 Å². The summed E-state index contributed by atoms with van der Waals surface area (Å²) in [4.78, 5) is 12.0. The van der Waals surface area contributed by atoms with Crippen molar-refractivity contribution in [2.75, 3.05) is 11.8 Å². The largest absolute Gasteiger partial charge is 0.495 e. The SMILES string of the molecule is COc1ccc(Cl)cc1S(=O)(=O)Nc1cc2c(cc1C)n(C)c(=O)n2C. The van der Waals surface area contributed by atoms with E-state index >= 15 is 0 Å². The second kappa shape index (κ2) is 6.37. The molecular weight excluding hydrogens is 378 g/mol. The van der Waals surface area contributed by atoms with Crippen molar-refractivity contribution >= 4 is 38.3 Å². The summed E-state index contributed by atoms with van der Waals surface area (Å²) in [5.74, 6) is 0.188. The molecule has 1 heterocycles. The minimum Gasteiger partial charge on any atom is -0.495 e. The van der Waals surface area contributed by atoms with Crippen LogP contribution in [-0.4, -0.2) is 24.7 Å². The highest BCUT2D eigenvalue weighted by molar-refractivity contribution is 7.92. The zero-order chi connectivity index (χ0) is 19.2. The molecule has 138 valence electrons. The van der Waals surface area contributed by atoms with Crippen LogP contribution in [0.25, 0.3) is 11.0 Å². The molecule has 2 aromatic carbocycles. The van der Waals surface area contributed by atoms with Crippen molar-refractivity contribution in [3.8, 4) is 5.75 Å². The molecule has 1 aromatic heterocycles. The first-order chi connectivity index (χ1) is 12.2. The number of benzene rings is 2. The first kappa shape index (κ1) is 18.3. The molecule has 0 aliphatic rings. The lowest BCUT2D eigenvalue weighted by molar-refractivity contribution is 0.403. The second-order valence-corrected chi connectivity index (χ2v) is 8.04. The van der Waals surface area contributed by atoms with Gasteiger partial charge in [-0.2, -0.15) is 0 Å². The van der Waals surface area contributed by atoms with Gasteiger partial charge in [-0.1, -0.05) is 11.6 Å². The van der Waals surface area contributed by atoms with E-state index in [0.717, 1.165) is 5.52 Å². The Bertz CT molecular complexity index is 1180. The number of nitrogens with zero attached hydrogens (tertiary/aromatic N) is 2. The van der Waals surface area contributed by atoms with Crippen LogP contribution in [0.4, 0.5) is 5.69 Å². The molecule has 0 bridgehead atoms. The highest BCUT2D eigenvalue weighted by Gasteiger charge is 2.22. The summed E-state index contributed by atoms with van der Waals surface area (Å²) in [7, 11) is 0.757. The molecule has 7 nitrogen and oxygen atoms in total. The molecule has 0 saturated heterocycles. The van der Waals surface area contributed by atoms with Gasteiger partial charge >= 0.3 is 5.69 Å². The number of ether oxygens (including phenoxy) is 1. The molecule has 3 rings (SSSR count). The van der Waals surface area contributed by atoms with Crippen LogP contribution in [-0.2, 0) is 24.1 Å². The molecule has 9 heteroatoms. The number of aryl methyl sites for hydroxylation is 3. The number of hydrogen-bond donors (Lipinski definition) is 1. The van der Waals surface area contributed by atoms with Crippen LogP contribution in [0, 0.1) is 6.92 Å². The molecule has 0 aliphatic heterocycles. The fraction of sp³-hybridized carbons (Fsp3) is 0.235. The van der Waals surface area contributed by atoms with E-state index in [1.165, 1.54) is 28.4 Å². The highest BCUT2D eigenvalue weighted by atomic mass is 35.5. The predicted molar refractivity (Wildman–Crippen MR) is 102 cm³/mol. The van der Waals surface area contributed by atoms with Gasteiger partial charge in [0.15, 0.2) is 0 Å². The minimum atomic E-state index is -3.94. The van der Waals surface area contributed by atoms with Gasteiger partial charge in [-0.05, 0) is 42.8 Å². The van der Waals surface area contributed by atoms with Gasteiger partial charge in [-0.15, -0.1) is 0 Å². The summed E-state index contributed by atoms with van der Waals surface area (Å²) >= 11 is 5.94. The van der Waals surface area contributed by atoms with E-state index in [9.17, 15) is 13.2 Å². The molecule has 0 spiro atoms. The lowest BCUT2D eigenvalue weighted by Crippen LogP contribution is -2.19. The molecule has 0 atom stereocenters. The maximum atomic E-state index is 12.9. The number of fused-ring (bicyclic) bond motifs is 1. The summed E-state index contributed by atoms with van der Waals surface area (Å²) in [6.07, 6.45) is 0. The zero-order valence-electron chi connectivity index (χ0n) is 14.7. The molecular formula is C17H18ClN3O4S. The van der Waals surface area contributed by atoms with Crippen molar-refractivity contribution in [1.82, 2.24) is 9.13 Å². The highest BCUT2D eigenvalue weighted by Crippen LogP contribution is 2.30. The summed E-state index contributed by atoms with van der Waals surface area (Å²) in [6, 6.07) is 7.78. The summed E-state index contributed by atoms with van der Waals surface area (Å²) < 4.78 is 36.4. The Morgan fingerprint density at radius 3 is 2.31 bits per heavy atom. The number of sulfonamides is 1. The number of aromatic nitrogens is 2. The van der Waals surface area contributed by atoms with Crippen molar-refractivity contribution in [2.24, 2.45) is 14.1 Å². The Morgan fingerprint density at radius 1 is 1.08 bits per heavy atom. The van der Waals surface area contributed by atoms with Gasteiger partial charge in [0.2, 0.25) is 0 Å². The fourth-order valence-electron chi connectivity index (χ4n) is 2.82. The molecule has 0 amide bonds. The van der Waals surface area contributed by atoms with Crippen molar-refractivity contribution in [3.05, 3.63) is 51.4 Å². The number of anilines is 1. The van der Waals surface area contributed by atoms with Crippen LogP contribution in [0.15, 0.2) is 40.0 Å². The van der Waals surface area contributed by atoms with E-state index in [1.54, 1.807) is 39.2 Å². The van der Waals surface area contributed by atoms with Gasteiger partial charge < -0.3 is 4.74 Å². The summed E-state index contributed by atoms with van der Waals surface area (Å²) in [5, 5.41) is 0.281. The Morgan fingerprint density at radius 2 is 1.69 bits per heavy atom. The van der Waals surface area contributed by atoms with E-state index in [1.807, 2.05) is 0 Å². The second-order valence-electron chi connectivity index (χ2n) is 5.96. The minimum absolute atomic E-state index is 0.0612. The molecule has 1 N–H and O–H groups in total. The Hall–Kier alpha value is -2.45. The van der Waals surface area contributed by atoms with Crippen molar-refractivity contribution in [2.45, 2.75) is 11.8 Å². The van der Waals surface area contributed by atoms with Gasteiger partial charge in [0.1, 0.15) is 10.6 Å². The topological polar surface area (TPSA) is 82.3 Å². The molecule has 0 fully saturated rings. The monoisotopic (exact) mass is 395 g/mol. The smallest absolute Gasteiger partial charge is 0.328 e. The number of methoxy groups -OCH3 is 1. The number of nitrogens with one attached hydrogen (secondary N) is 1. The number of rotatable bonds is 4. The summed E-state index contributed by atoms with van der Waals surface area (Å²) in [6.45, 7) is 1.77. The molecule has 0 aliphatic carbocycles. The first-order valence-electron chi connectivity index (χ1n) is 7.68. The molecule has 0 saturated carbocycles. The molecule has 26 heavy (non-hydrogen) atoms. The van der Waals surface area contributed by atoms with Crippen LogP contribution in [0.5, 0.6) is 5.75 Å². The number of hydrogen-bond acceptors (Lipinski definition) is 4. The van der Waals surface area contributed by atoms with Crippen LogP contribution in [0.1, 0.15) is 5.56 Å². The maximum Gasteiger partial charge on any atom is 0.328 e. The Balaban J connectivity index is 2.14. The third kappa shape index (κ3) is 2.95. The molecule has 0 radical (unpaired) electrons. The average Bonchev–Trinajstić information content (AvgIpc) is 2.79. The van der Waals surface area contributed by atoms with E-state index in [0.29, 0.717) is 16.8 Å². The maximum absolute atomic E-state index is 12.9. The van der Waals surface area contributed by atoms with E-state index in [2.05, 4.69) is 4.72 Å². The standard InChI is InChI=1S/C17H18ClN3O4S/c1-10-7-13-14(21(3)17(22)20(13)2)9-12(10)19-26(23,24)16-8-11(18)5-6-15(16)25-4/h5-9,19H,1-4H3. The van der Waals surface area contributed by atoms with Gasteiger partial charge in [-0.25, -0.2) is 13.2 Å². The van der Waals surface area contributed by atoms with Gasteiger partial charge in [0.05, 0.1) is 23.8 Å². The molecule has 3 aromatic rings. The first-order valence-corrected chi connectivity index (χ1v) is 9.54.